The lowest BCUT2D eigenvalue weighted by molar-refractivity contribution is -0.146. The number of halogens is 1. The summed E-state index contributed by atoms with van der Waals surface area (Å²) >= 11 is 0. The molecule has 2 rings (SSSR count). The first-order valence-corrected chi connectivity index (χ1v) is 11.0. The van der Waals surface area contributed by atoms with E-state index in [-0.39, 0.29) is 29.4 Å². The van der Waals surface area contributed by atoms with E-state index in [1.165, 1.54) is 12.3 Å². The van der Waals surface area contributed by atoms with Crippen LogP contribution in [0.2, 0.25) is 18.1 Å². The van der Waals surface area contributed by atoms with Crippen LogP contribution in [0.25, 0.3) is 0 Å². The molecule has 0 radical (unpaired) electrons. The molecule has 2 heterocycles. The largest absolute Gasteiger partial charge is 0.414 e. The van der Waals surface area contributed by atoms with Gasteiger partial charge in [-0.15, -0.1) is 0 Å². The van der Waals surface area contributed by atoms with Gasteiger partial charge in [0.05, 0.1) is 13.0 Å². The zero-order valence-electron chi connectivity index (χ0n) is 15.0. The zero-order chi connectivity index (χ0) is 18.3. The van der Waals surface area contributed by atoms with Crippen molar-refractivity contribution in [2.24, 2.45) is 0 Å². The van der Waals surface area contributed by atoms with E-state index in [0.29, 0.717) is 0 Å². The number of rotatable bonds is 4. The molecule has 7 heteroatoms. The van der Waals surface area contributed by atoms with Gasteiger partial charge in [-0.2, -0.15) is 0 Å². The van der Waals surface area contributed by atoms with Crippen LogP contribution in [0, 0.1) is 0 Å². The second kappa shape index (κ2) is 6.53. The number of ether oxygens (including phenoxy) is 1. The molecule has 0 bridgehead atoms. The van der Waals surface area contributed by atoms with Crippen LogP contribution >= 0.6 is 0 Å². The Morgan fingerprint density at radius 3 is 2.58 bits per heavy atom. The highest BCUT2D eigenvalue weighted by Gasteiger charge is 2.46. The number of carbonyl (C=O) groups excluding carboxylic acids is 2. The summed E-state index contributed by atoms with van der Waals surface area (Å²) < 4.78 is 26.4. The molecule has 5 nitrogen and oxygen atoms in total. The van der Waals surface area contributed by atoms with Crippen molar-refractivity contribution in [1.82, 2.24) is 4.90 Å². The molecule has 0 aromatic heterocycles. The van der Waals surface area contributed by atoms with E-state index in [4.69, 9.17) is 9.16 Å². The number of alkyl halides is 1. The molecule has 1 fully saturated rings. The van der Waals surface area contributed by atoms with E-state index in [2.05, 4.69) is 40.4 Å². The van der Waals surface area contributed by atoms with E-state index in [1.807, 2.05) is 0 Å². The lowest BCUT2D eigenvalue weighted by Gasteiger charge is -2.37. The first-order valence-electron chi connectivity index (χ1n) is 8.08. The first kappa shape index (κ1) is 19.0. The Kier molecular flexibility index (Phi) is 5.18. The van der Waals surface area contributed by atoms with Crippen molar-refractivity contribution in [3.8, 4) is 0 Å². The summed E-state index contributed by atoms with van der Waals surface area (Å²) in [6, 6.07) is 0. The van der Waals surface area contributed by atoms with Crippen LogP contribution in [0.1, 0.15) is 27.2 Å². The second-order valence-electron chi connectivity index (χ2n) is 7.82. The predicted molar refractivity (Wildman–Crippen MR) is 91.5 cm³/mol. The number of hydrogen-bond donors (Lipinski definition) is 0. The molecule has 0 N–H and O–H groups in total. The van der Waals surface area contributed by atoms with Crippen molar-refractivity contribution in [2.45, 2.75) is 63.8 Å². The molecular weight excluding hydrogens is 329 g/mol. The number of nitrogens with zero attached hydrogens (tertiary/aromatic N) is 1. The summed E-state index contributed by atoms with van der Waals surface area (Å²) in [5, 5.41) is 0.0351. The van der Waals surface area contributed by atoms with Crippen molar-refractivity contribution >= 4 is 20.0 Å². The molecule has 2 aliphatic heterocycles. The normalized spacial score (nSPS) is 28.8. The van der Waals surface area contributed by atoms with Crippen molar-refractivity contribution in [2.75, 3.05) is 6.61 Å². The monoisotopic (exact) mass is 355 g/mol. The lowest BCUT2D eigenvalue weighted by atomic mass is 10.1. The van der Waals surface area contributed by atoms with Crippen molar-refractivity contribution in [3.63, 3.8) is 0 Å². The molecule has 0 aromatic carbocycles. The molecular formula is C17H26FNO4Si. The van der Waals surface area contributed by atoms with Crippen LogP contribution < -0.4 is 0 Å². The van der Waals surface area contributed by atoms with E-state index in [0.717, 1.165) is 4.90 Å². The summed E-state index contributed by atoms with van der Waals surface area (Å²) in [7, 11) is -1.99. The summed E-state index contributed by atoms with van der Waals surface area (Å²) in [6.07, 6.45) is -0.893. The van der Waals surface area contributed by atoms with Gasteiger partial charge in [-0.1, -0.05) is 27.4 Å². The van der Waals surface area contributed by atoms with Gasteiger partial charge in [-0.05, 0) is 29.8 Å². The lowest BCUT2D eigenvalue weighted by Crippen LogP contribution is -2.44. The van der Waals surface area contributed by atoms with Crippen molar-refractivity contribution < 1.29 is 23.1 Å². The molecule has 2 aliphatic rings. The smallest absolute Gasteiger partial charge is 0.236 e. The highest BCUT2D eigenvalue weighted by Crippen LogP contribution is 2.38. The molecule has 0 aromatic rings. The first-order chi connectivity index (χ1) is 10.9. The number of amides is 1. The van der Waals surface area contributed by atoms with E-state index in [1.54, 1.807) is 0 Å². The van der Waals surface area contributed by atoms with Gasteiger partial charge < -0.3 is 9.16 Å². The molecule has 0 aliphatic carbocycles. The summed E-state index contributed by atoms with van der Waals surface area (Å²) in [4.78, 5) is 24.3. The van der Waals surface area contributed by atoms with Crippen LogP contribution in [0.5, 0.6) is 0 Å². The fraction of sp³-hybridized carbons (Fsp3) is 0.647. The maximum absolute atomic E-state index is 14.6. The minimum absolute atomic E-state index is 0.0351. The Morgan fingerprint density at radius 1 is 1.42 bits per heavy atom. The van der Waals surface area contributed by atoms with Crippen LogP contribution in [0.3, 0.4) is 0 Å². The molecule has 134 valence electrons. The Morgan fingerprint density at radius 2 is 2.04 bits per heavy atom. The fourth-order valence-corrected chi connectivity index (χ4v) is 3.31. The topological polar surface area (TPSA) is 55.8 Å². The molecule has 24 heavy (non-hydrogen) atoms. The van der Waals surface area contributed by atoms with Crippen LogP contribution in [0.4, 0.5) is 4.39 Å². The van der Waals surface area contributed by atoms with E-state index in [9.17, 15) is 14.0 Å². The maximum Gasteiger partial charge on any atom is 0.236 e. The minimum atomic E-state index is -1.99. The van der Waals surface area contributed by atoms with Crippen LogP contribution in [-0.4, -0.2) is 50.0 Å². The quantitative estimate of drug-likeness (QED) is 0.442. The molecule has 3 atom stereocenters. The van der Waals surface area contributed by atoms with E-state index >= 15 is 0 Å². The van der Waals surface area contributed by atoms with Gasteiger partial charge in [-0.3, -0.25) is 14.5 Å². The Bertz CT molecular complexity index is 582. The number of allylic oxidation sites excluding steroid dienone is 1. The summed E-state index contributed by atoms with van der Waals surface area (Å²) in [5.74, 6) is -0.754. The average Bonchev–Trinajstić information content (AvgIpc) is 2.72. The van der Waals surface area contributed by atoms with Gasteiger partial charge in [-0.25, -0.2) is 4.39 Å². The molecule has 0 saturated carbocycles. The van der Waals surface area contributed by atoms with Crippen LogP contribution in [-0.2, 0) is 18.8 Å². The average molecular weight is 355 g/mol. The zero-order valence-corrected chi connectivity index (χ0v) is 16.0. The van der Waals surface area contributed by atoms with Gasteiger partial charge in [0.15, 0.2) is 26.5 Å². The SMILES string of the molecule is C=C1[C@H](CO[Si](C)(C)C(C)(C)C)O[C@H](N2C=CC(=O)CC2=O)[C@H]1F. The van der Waals surface area contributed by atoms with Gasteiger partial charge >= 0.3 is 0 Å². The molecule has 0 spiro atoms. The third-order valence-electron chi connectivity index (χ3n) is 5.03. The van der Waals surface area contributed by atoms with Gasteiger partial charge in [0.2, 0.25) is 5.91 Å². The van der Waals surface area contributed by atoms with Crippen molar-refractivity contribution in [3.05, 3.63) is 24.4 Å². The molecule has 1 amide bonds. The number of ketones is 1. The Balaban J connectivity index is 2.05. The molecule has 1 saturated heterocycles. The summed E-state index contributed by atoms with van der Waals surface area (Å²) in [5.41, 5.74) is 0.275. The Hall–Kier alpha value is -1.31. The van der Waals surface area contributed by atoms with Crippen molar-refractivity contribution in [1.29, 1.82) is 0 Å². The molecule has 0 unspecified atom stereocenters. The highest BCUT2D eigenvalue weighted by atomic mass is 28.4. The highest BCUT2D eigenvalue weighted by molar-refractivity contribution is 6.74. The third-order valence-corrected chi connectivity index (χ3v) is 9.53. The summed E-state index contributed by atoms with van der Waals surface area (Å²) in [6.45, 7) is 14.6. The van der Waals surface area contributed by atoms with Crippen LogP contribution in [0.15, 0.2) is 24.4 Å². The number of hydrogen-bond acceptors (Lipinski definition) is 4. The van der Waals surface area contributed by atoms with E-state index < -0.39 is 32.7 Å². The maximum atomic E-state index is 14.6. The number of carbonyl (C=O) groups is 2. The minimum Gasteiger partial charge on any atom is -0.414 e. The Labute approximate surface area is 143 Å². The standard InChI is InChI=1S/C17H26FNO4Si/c1-11-13(10-22-24(5,6)17(2,3)4)23-16(15(11)18)19-8-7-12(20)9-14(19)21/h7-8,13,15-16H,1,9-10H2,2-6H3/t13-,15-,16-/m0/s1. The van der Waals surface area contributed by atoms with Gasteiger partial charge in [0.1, 0.15) is 6.10 Å². The van der Waals surface area contributed by atoms with Gasteiger partial charge in [0, 0.05) is 6.20 Å². The predicted octanol–water partition coefficient (Wildman–Crippen LogP) is 2.94. The van der Waals surface area contributed by atoms with Gasteiger partial charge in [0.25, 0.3) is 0 Å². The third kappa shape index (κ3) is 3.68. The second-order valence-corrected chi connectivity index (χ2v) is 12.6. The fourth-order valence-electron chi connectivity index (χ4n) is 2.31.